The highest BCUT2D eigenvalue weighted by molar-refractivity contribution is 7.22. The van der Waals surface area contributed by atoms with Gasteiger partial charge >= 0.3 is 23.9 Å². The predicted octanol–water partition coefficient (Wildman–Crippen LogP) is 17.8. The first-order chi connectivity index (χ1) is 43.8. The number of ether oxygens (including phenoxy) is 8. The fourth-order valence-electron chi connectivity index (χ4n) is 10.3. The minimum absolute atomic E-state index is 0.297. The minimum atomic E-state index is -0.539. The van der Waals surface area contributed by atoms with Crippen LogP contribution in [0.3, 0.4) is 0 Å². The Morgan fingerprint density at radius 1 is 0.433 bits per heavy atom. The number of rotatable bonds is 33. The average Bonchev–Trinajstić information content (AvgIpc) is 1.81. The van der Waals surface area contributed by atoms with Crippen molar-refractivity contribution in [3.05, 3.63) is 168 Å². The summed E-state index contributed by atoms with van der Waals surface area (Å²) in [4.78, 5) is 59.8. The van der Waals surface area contributed by atoms with Gasteiger partial charge in [-0.05, 0) is 224 Å². The number of unbranched alkanes of at least 4 members (excludes halogenated alkanes) is 9. The van der Waals surface area contributed by atoms with E-state index in [0.717, 1.165) is 143 Å². The van der Waals surface area contributed by atoms with Crippen LogP contribution in [0.1, 0.15) is 120 Å². The third kappa shape index (κ3) is 16.5. The summed E-state index contributed by atoms with van der Waals surface area (Å²) < 4.78 is 61.1. The van der Waals surface area contributed by atoms with Gasteiger partial charge in [0.2, 0.25) is 0 Å². The Hall–Kier alpha value is -9.26. The van der Waals surface area contributed by atoms with Gasteiger partial charge in [0.1, 0.15) is 54.6 Å². The Morgan fingerprint density at radius 2 is 0.789 bits per heavy atom. The molecular weight excluding hydrogens is 1180 g/mol. The lowest BCUT2D eigenvalue weighted by Crippen LogP contribution is -2.09. The molecule has 0 unspecified atom stereocenters. The van der Waals surface area contributed by atoms with Crippen LogP contribution in [0.15, 0.2) is 143 Å². The summed E-state index contributed by atoms with van der Waals surface area (Å²) in [6, 6.07) is 33.1. The molecule has 18 heteroatoms. The normalized spacial score (nSPS) is 11.3. The van der Waals surface area contributed by atoms with Gasteiger partial charge in [-0.3, -0.25) is 0 Å². The first kappa shape index (κ1) is 63.7. The molecule has 0 amide bonds. The van der Waals surface area contributed by atoms with Crippen LogP contribution in [0, 0.1) is 27.7 Å². The van der Waals surface area contributed by atoms with Gasteiger partial charge in [0, 0.05) is 22.9 Å². The summed E-state index contributed by atoms with van der Waals surface area (Å²) in [6.45, 7) is 17.7. The van der Waals surface area contributed by atoms with Crippen molar-refractivity contribution in [3.8, 4) is 56.0 Å². The number of carbonyl (C=O) groups excluding carboxylic acids is 4. The number of aryl methyl sites for hydroxylation is 4. The zero-order valence-corrected chi connectivity index (χ0v) is 52.7. The Kier molecular flexibility index (Phi) is 21.8. The number of aromatic nitrogens is 2. The molecular formula is C72H72N2O14S2. The highest BCUT2D eigenvalue weighted by atomic mass is 32.1. The lowest BCUT2D eigenvalue weighted by molar-refractivity contribution is -0.138. The number of benzene rings is 6. The number of furan rings is 2. The quantitative estimate of drug-likeness (QED) is 0.0163. The largest absolute Gasteiger partial charge is 0.494 e. The van der Waals surface area contributed by atoms with E-state index in [1.54, 1.807) is 60.7 Å². The van der Waals surface area contributed by atoms with Crippen LogP contribution in [0.5, 0.6) is 34.5 Å². The molecule has 0 aliphatic heterocycles. The molecule has 0 saturated heterocycles. The molecule has 0 spiro atoms. The maximum atomic E-state index is 13.7. The lowest BCUT2D eigenvalue weighted by Gasteiger charge is -2.11. The zero-order chi connectivity index (χ0) is 62.9. The van der Waals surface area contributed by atoms with Crippen LogP contribution in [-0.4, -0.2) is 73.5 Å². The van der Waals surface area contributed by atoms with E-state index in [2.05, 4.69) is 39.1 Å². The Bertz CT molecular complexity index is 3910. The van der Waals surface area contributed by atoms with Crippen LogP contribution in [0.25, 0.3) is 63.9 Å². The maximum Gasteiger partial charge on any atom is 0.343 e. The van der Waals surface area contributed by atoms with Crippen LogP contribution in [0.2, 0.25) is 0 Å². The van der Waals surface area contributed by atoms with Crippen LogP contribution in [0.4, 0.5) is 0 Å². The molecule has 0 aliphatic carbocycles. The zero-order valence-electron chi connectivity index (χ0n) is 51.1. The van der Waals surface area contributed by atoms with E-state index in [-0.39, 0.29) is 0 Å². The predicted molar refractivity (Wildman–Crippen MR) is 351 cm³/mol. The van der Waals surface area contributed by atoms with Crippen molar-refractivity contribution in [2.45, 2.75) is 105 Å². The number of esters is 4. The SMILES string of the molecule is C=CC(=O)OCCCCCCOc1ccc(C(=O)Oc2ccc(OCCCCCCOc3ccc(OC(=O)c4ccc(OCCCCCCOC(=O)C=C)cc4)c4nc(-c5cc6c(C)cc(C)cc6o5)sc34)c3sc(-c4cc5c(C)cc(C)cc5o4)nc23)cc1. The van der Waals surface area contributed by atoms with Gasteiger partial charge in [-0.15, -0.1) is 22.7 Å². The van der Waals surface area contributed by atoms with E-state index in [9.17, 15) is 19.2 Å². The summed E-state index contributed by atoms with van der Waals surface area (Å²) in [5.41, 5.74) is 7.62. The molecule has 0 saturated carbocycles. The second-order valence-corrected chi connectivity index (χ2v) is 23.9. The van der Waals surface area contributed by atoms with E-state index in [1.807, 2.05) is 50.2 Å². The van der Waals surface area contributed by atoms with E-state index in [0.29, 0.717) is 118 Å². The van der Waals surface area contributed by atoms with E-state index < -0.39 is 23.9 Å². The number of hydrogen-bond donors (Lipinski definition) is 0. The first-order valence-electron chi connectivity index (χ1n) is 30.4. The fourth-order valence-corrected chi connectivity index (χ4v) is 12.3. The number of thiazole rings is 2. The molecule has 10 aromatic rings. The molecule has 0 bridgehead atoms. The summed E-state index contributed by atoms with van der Waals surface area (Å²) >= 11 is 2.83. The van der Waals surface area contributed by atoms with Gasteiger partial charge < -0.3 is 46.7 Å². The second kappa shape index (κ2) is 30.8. The maximum absolute atomic E-state index is 13.7. The minimum Gasteiger partial charge on any atom is -0.494 e. The van der Waals surface area contributed by atoms with Crippen molar-refractivity contribution in [2.75, 3.05) is 39.6 Å². The molecule has 0 atom stereocenters. The smallest absolute Gasteiger partial charge is 0.343 e. The van der Waals surface area contributed by atoms with Gasteiger partial charge in [-0.25, -0.2) is 29.1 Å². The van der Waals surface area contributed by atoms with Crippen molar-refractivity contribution >= 4 is 88.9 Å². The number of fused-ring (bicyclic) bond motifs is 4. The van der Waals surface area contributed by atoms with Gasteiger partial charge in [0.05, 0.1) is 50.8 Å². The van der Waals surface area contributed by atoms with Crippen molar-refractivity contribution in [1.29, 1.82) is 0 Å². The van der Waals surface area contributed by atoms with Crippen LogP contribution >= 0.6 is 22.7 Å². The van der Waals surface area contributed by atoms with Crippen molar-refractivity contribution in [1.82, 2.24) is 9.97 Å². The molecule has 466 valence electrons. The first-order valence-corrected chi connectivity index (χ1v) is 32.1. The molecule has 4 aromatic heterocycles. The molecule has 0 aliphatic rings. The molecule has 6 aromatic carbocycles. The Morgan fingerprint density at radius 3 is 1.17 bits per heavy atom. The molecule has 0 radical (unpaired) electrons. The molecule has 10 rings (SSSR count). The molecule has 0 fully saturated rings. The molecule has 16 nitrogen and oxygen atoms in total. The van der Waals surface area contributed by atoms with Crippen LogP contribution in [-0.2, 0) is 19.1 Å². The molecule has 4 heterocycles. The van der Waals surface area contributed by atoms with E-state index >= 15 is 0 Å². The van der Waals surface area contributed by atoms with Gasteiger partial charge in [-0.1, -0.05) is 25.3 Å². The monoisotopic (exact) mass is 1250 g/mol. The van der Waals surface area contributed by atoms with Gasteiger partial charge in [0.15, 0.2) is 33.0 Å². The topological polar surface area (TPSA) is 194 Å². The summed E-state index contributed by atoms with van der Waals surface area (Å²) in [5.74, 6) is 2.43. The highest BCUT2D eigenvalue weighted by Gasteiger charge is 2.24. The second-order valence-electron chi connectivity index (χ2n) is 21.9. The summed E-state index contributed by atoms with van der Waals surface area (Å²) in [6.07, 6.45) is 12.5. The molecule has 90 heavy (non-hydrogen) atoms. The third-order valence-corrected chi connectivity index (χ3v) is 17.1. The number of nitrogens with zero attached hydrogens (tertiary/aromatic N) is 2. The Labute approximate surface area is 530 Å². The number of carbonyl (C=O) groups is 4. The Balaban J connectivity index is 0.749. The van der Waals surface area contributed by atoms with Crippen molar-refractivity contribution < 1.29 is 65.9 Å². The fraction of sp³-hybridized carbons (Fsp3) is 0.306. The third-order valence-electron chi connectivity index (χ3n) is 14.9. The van der Waals surface area contributed by atoms with E-state index in [4.69, 9.17) is 56.7 Å². The van der Waals surface area contributed by atoms with Gasteiger partial charge in [0.25, 0.3) is 0 Å². The van der Waals surface area contributed by atoms with Crippen molar-refractivity contribution in [3.63, 3.8) is 0 Å². The standard InChI is InChI=1S/C72H72N2O14S2/c1-7-63(75)83-37-19-13-9-15-33-79-51-25-21-49(22-26-51)71(77)87-55-29-31-57(67-65(55)73-69(89-67)61-43-53-47(5)39-45(3)41-59(53)85-61)81-35-17-11-12-18-36-82-58-32-30-56(66-68(58)90-70(74-66)62-44-54-48(6)40-46(4)42-60(54)86-62)88-72(78)50-23-27-52(28-24-50)80-34-16-10-14-20-38-84-64(76)8-2/h7-8,21-32,39-44H,1-2,9-20,33-38H2,3-6H3. The van der Waals surface area contributed by atoms with Gasteiger partial charge in [-0.2, -0.15) is 0 Å². The molecule has 0 N–H and O–H groups in total. The number of hydrogen-bond acceptors (Lipinski definition) is 18. The van der Waals surface area contributed by atoms with Crippen LogP contribution < -0.4 is 28.4 Å². The van der Waals surface area contributed by atoms with Crippen molar-refractivity contribution in [2.24, 2.45) is 0 Å². The summed E-state index contributed by atoms with van der Waals surface area (Å²) in [7, 11) is 0. The van der Waals surface area contributed by atoms with E-state index in [1.165, 1.54) is 22.7 Å². The summed E-state index contributed by atoms with van der Waals surface area (Å²) in [5, 5.41) is 3.26. The highest BCUT2D eigenvalue weighted by Crippen LogP contribution is 2.44. The lowest BCUT2D eigenvalue weighted by atomic mass is 10.1. The average molecular weight is 1250 g/mol.